The second-order valence-corrected chi connectivity index (χ2v) is 7.24. The van der Waals surface area contributed by atoms with Crippen LogP contribution in [0.3, 0.4) is 0 Å². The highest BCUT2D eigenvalue weighted by atomic mass is 127. The Morgan fingerprint density at radius 1 is 1.17 bits per heavy atom. The number of likely N-dealkylation sites (N-methyl/N-ethyl adjacent to an activating group) is 1. The number of aryl methyl sites for hydroxylation is 2. The normalized spacial score (nSPS) is 15.1. The van der Waals surface area contributed by atoms with Crippen molar-refractivity contribution in [2.75, 3.05) is 44.2 Å². The smallest absolute Gasteiger partial charge is 0.214 e. The molecule has 1 aliphatic heterocycles. The van der Waals surface area contributed by atoms with Crippen LogP contribution in [0.25, 0.3) is 0 Å². The molecular weight excluding hydrogens is 493 g/mol. The van der Waals surface area contributed by atoms with Crippen molar-refractivity contribution in [3.8, 4) is 0 Å². The lowest BCUT2D eigenvalue weighted by Gasteiger charge is -2.34. The Morgan fingerprint density at radius 2 is 1.93 bits per heavy atom. The highest BCUT2D eigenvalue weighted by Crippen LogP contribution is 2.16. The molecule has 166 valence electrons. The Hall–Kier alpha value is -1.88. The minimum atomic E-state index is 0. The number of piperazine rings is 1. The summed E-state index contributed by atoms with van der Waals surface area (Å²) in [5, 5.41) is 6.56. The zero-order valence-electron chi connectivity index (χ0n) is 18.4. The predicted octanol–water partition coefficient (Wildman–Crippen LogP) is 2.70. The van der Waals surface area contributed by atoms with Gasteiger partial charge in [0.15, 0.2) is 5.96 Å². The van der Waals surface area contributed by atoms with Gasteiger partial charge in [-0.1, -0.05) is 6.92 Å². The molecule has 2 aromatic rings. The molecule has 3 heterocycles. The van der Waals surface area contributed by atoms with E-state index in [4.69, 9.17) is 9.41 Å². The molecule has 1 aliphatic rings. The molecule has 0 bridgehead atoms. The van der Waals surface area contributed by atoms with Crippen LogP contribution in [-0.4, -0.2) is 60.1 Å². The van der Waals surface area contributed by atoms with Crippen LogP contribution >= 0.6 is 24.0 Å². The first kappa shape index (κ1) is 24.4. The molecule has 0 aromatic carbocycles. The van der Waals surface area contributed by atoms with Crippen LogP contribution in [0.1, 0.15) is 36.8 Å². The number of aliphatic imine (C=N–C) groups is 1. The van der Waals surface area contributed by atoms with Crippen molar-refractivity contribution in [2.45, 2.75) is 40.8 Å². The molecule has 0 saturated carbocycles. The van der Waals surface area contributed by atoms with E-state index in [1.54, 1.807) is 0 Å². The average Bonchev–Trinajstić information content (AvgIpc) is 3.07. The molecular formula is C21H34IN7O. The summed E-state index contributed by atoms with van der Waals surface area (Å²) in [6, 6.07) is 4.18. The highest BCUT2D eigenvalue weighted by Gasteiger charge is 2.16. The van der Waals surface area contributed by atoms with Crippen molar-refractivity contribution in [3.63, 3.8) is 0 Å². The van der Waals surface area contributed by atoms with Gasteiger partial charge in [0.2, 0.25) is 5.89 Å². The molecule has 8 nitrogen and oxygen atoms in total. The van der Waals surface area contributed by atoms with E-state index < -0.39 is 0 Å². The summed E-state index contributed by atoms with van der Waals surface area (Å²) < 4.78 is 5.63. The Labute approximate surface area is 196 Å². The summed E-state index contributed by atoms with van der Waals surface area (Å²) in [5.41, 5.74) is 2.07. The number of pyridine rings is 1. The minimum Gasteiger partial charge on any atom is -0.444 e. The molecule has 0 spiro atoms. The Bertz CT molecular complexity index is 796. The number of hydrogen-bond acceptors (Lipinski definition) is 6. The van der Waals surface area contributed by atoms with E-state index in [-0.39, 0.29) is 24.0 Å². The summed E-state index contributed by atoms with van der Waals surface area (Å²) in [6.45, 7) is 15.4. The Morgan fingerprint density at radius 3 is 2.57 bits per heavy atom. The summed E-state index contributed by atoms with van der Waals surface area (Å²) in [4.78, 5) is 18.5. The van der Waals surface area contributed by atoms with E-state index in [1.165, 1.54) is 0 Å². The maximum atomic E-state index is 5.63. The van der Waals surface area contributed by atoms with E-state index in [9.17, 15) is 0 Å². The number of anilines is 1. The van der Waals surface area contributed by atoms with E-state index in [0.29, 0.717) is 19.0 Å². The van der Waals surface area contributed by atoms with Crippen LogP contribution in [0.15, 0.2) is 27.7 Å². The molecule has 1 fully saturated rings. The van der Waals surface area contributed by atoms with E-state index in [2.05, 4.69) is 50.3 Å². The van der Waals surface area contributed by atoms with Gasteiger partial charge in [-0.3, -0.25) is 0 Å². The fourth-order valence-electron chi connectivity index (χ4n) is 3.31. The number of oxazole rings is 1. The third-order valence-corrected chi connectivity index (χ3v) is 5.20. The maximum absolute atomic E-state index is 5.63. The number of guanidine groups is 1. The molecule has 0 radical (unpaired) electrons. The van der Waals surface area contributed by atoms with Gasteiger partial charge >= 0.3 is 0 Å². The van der Waals surface area contributed by atoms with E-state index in [1.807, 2.05) is 26.1 Å². The summed E-state index contributed by atoms with van der Waals surface area (Å²) in [6.07, 6.45) is 1.88. The van der Waals surface area contributed by atoms with Crippen LogP contribution in [0, 0.1) is 13.8 Å². The number of nitrogens with one attached hydrogen (secondary N) is 2. The van der Waals surface area contributed by atoms with Crippen molar-refractivity contribution in [3.05, 3.63) is 41.2 Å². The fourth-order valence-corrected chi connectivity index (χ4v) is 3.31. The molecule has 9 heteroatoms. The number of halogens is 1. The van der Waals surface area contributed by atoms with Crippen LogP contribution in [0.5, 0.6) is 0 Å². The maximum Gasteiger partial charge on any atom is 0.214 e. The van der Waals surface area contributed by atoms with Crippen LogP contribution in [0.4, 0.5) is 5.82 Å². The number of aromatic nitrogens is 2. The first-order chi connectivity index (χ1) is 14.1. The molecule has 0 unspecified atom stereocenters. The molecule has 1 saturated heterocycles. The van der Waals surface area contributed by atoms with Gasteiger partial charge in [0, 0.05) is 38.9 Å². The van der Waals surface area contributed by atoms with Crippen molar-refractivity contribution >= 4 is 35.8 Å². The Kier molecular flexibility index (Phi) is 9.83. The van der Waals surface area contributed by atoms with Crippen molar-refractivity contribution in [1.29, 1.82) is 0 Å². The average molecular weight is 527 g/mol. The molecule has 2 N–H and O–H groups in total. The summed E-state index contributed by atoms with van der Waals surface area (Å²) in [7, 11) is 0. The molecule has 0 aliphatic carbocycles. The predicted molar refractivity (Wildman–Crippen MR) is 132 cm³/mol. The number of nitrogens with zero attached hydrogens (tertiary/aromatic N) is 5. The SMILES string of the molecule is CCNC(=NCc1ccnc(N2CCN(CC)CC2)c1)NCc1nc(C)c(C)o1.I. The molecule has 2 aromatic heterocycles. The van der Waals surface area contributed by atoms with Gasteiger partial charge in [-0.05, 0) is 45.0 Å². The van der Waals surface area contributed by atoms with Crippen molar-refractivity contribution in [1.82, 2.24) is 25.5 Å². The third-order valence-electron chi connectivity index (χ3n) is 5.20. The zero-order valence-corrected chi connectivity index (χ0v) is 20.8. The monoisotopic (exact) mass is 527 g/mol. The van der Waals surface area contributed by atoms with Gasteiger partial charge in [0.05, 0.1) is 18.8 Å². The van der Waals surface area contributed by atoms with Gasteiger partial charge in [-0.15, -0.1) is 24.0 Å². The lowest BCUT2D eigenvalue weighted by molar-refractivity contribution is 0.270. The van der Waals surface area contributed by atoms with Crippen LogP contribution < -0.4 is 15.5 Å². The first-order valence-electron chi connectivity index (χ1n) is 10.5. The van der Waals surface area contributed by atoms with Crippen LogP contribution in [-0.2, 0) is 13.1 Å². The zero-order chi connectivity index (χ0) is 20.6. The minimum absolute atomic E-state index is 0. The second-order valence-electron chi connectivity index (χ2n) is 7.24. The quantitative estimate of drug-likeness (QED) is 0.326. The van der Waals surface area contributed by atoms with Gasteiger partial charge in [0.25, 0.3) is 0 Å². The fraction of sp³-hybridized carbons (Fsp3) is 0.571. The highest BCUT2D eigenvalue weighted by molar-refractivity contribution is 14.0. The van der Waals surface area contributed by atoms with E-state index >= 15 is 0 Å². The number of rotatable bonds is 7. The number of hydrogen-bond donors (Lipinski definition) is 2. The molecule has 3 rings (SSSR count). The summed E-state index contributed by atoms with van der Waals surface area (Å²) >= 11 is 0. The van der Waals surface area contributed by atoms with Crippen molar-refractivity contribution < 1.29 is 4.42 Å². The molecule has 0 atom stereocenters. The lowest BCUT2D eigenvalue weighted by atomic mass is 10.2. The Balaban J connectivity index is 0.00000320. The largest absolute Gasteiger partial charge is 0.444 e. The van der Waals surface area contributed by atoms with Gasteiger partial charge in [-0.25, -0.2) is 15.0 Å². The van der Waals surface area contributed by atoms with Crippen LogP contribution in [0.2, 0.25) is 0 Å². The molecule has 30 heavy (non-hydrogen) atoms. The summed E-state index contributed by atoms with van der Waals surface area (Å²) in [5.74, 6) is 3.31. The topological polar surface area (TPSA) is 81.8 Å². The second kappa shape index (κ2) is 12.1. The van der Waals surface area contributed by atoms with Gasteiger partial charge in [-0.2, -0.15) is 0 Å². The third kappa shape index (κ3) is 6.83. The molecule has 0 amide bonds. The standard InChI is InChI=1S/C21H33N7O.HI/c1-5-22-21(25-15-20-26-16(3)17(4)29-20)24-14-18-7-8-23-19(13-18)28-11-9-27(6-2)10-12-28;/h7-8,13H,5-6,9-12,14-15H2,1-4H3,(H2,22,24,25);1H. The first-order valence-corrected chi connectivity index (χ1v) is 10.5. The van der Waals surface area contributed by atoms with Gasteiger partial charge in [0.1, 0.15) is 11.6 Å². The van der Waals surface area contributed by atoms with Crippen molar-refractivity contribution in [2.24, 2.45) is 4.99 Å². The van der Waals surface area contributed by atoms with Gasteiger partial charge < -0.3 is 24.9 Å². The van der Waals surface area contributed by atoms with E-state index in [0.717, 1.165) is 68.1 Å². The lowest BCUT2D eigenvalue weighted by Crippen LogP contribution is -2.46.